The van der Waals surface area contributed by atoms with Crippen LogP contribution in [0.4, 0.5) is 0 Å². The minimum atomic E-state index is -0.623. The number of methoxy groups -OCH3 is 3. The molecule has 0 aliphatic heterocycles. The number of rotatable bonds is 7. The first-order valence-electron chi connectivity index (χ1n) is 6.83. The number of nitrogens with two attached hydrogens (primary N) is 2. The van der Waals surface area contributed by atoms with Gasteiger partial charge in [0.05, 0.1) is 26.9 Å². The summed E-state index contributed by atoms with van der Waals surface area (Å²) < 4.78 is 16.1. The molecular formula is C15H26N2O3. The van der Waals surface area contributed by atoms with Crippen LogP contribution in [0.3, 0.4) is 0 Å². The Morgan fingerprint density at radius 3 is 1.85 bits per heavy atom. The highest BCUT2D eigenvalue weighted by Gasteiger charge is 2.33. The second-order valence-electron chi connectivity index (χ2n) is 4.82. The molecule has 1 aromatic rings. The monoisotopic (exact) mass is 282 g/mol. The van der Waals surface area contributed by atoms with Gasteiger partial charge in [-0.15, -0.1) is 0 Å². The molecule has 0 aliphatic rings. The normalized spacial score (nSPS) is 15.3. The Kier molecular flexibility index (Phi) is 5.65. The zero-order chi connectivity index (χ0) is 15.3. The van der Waals surface area contributed by atoms with Crippen molar-refractivity contribution in [1.29, 1.82) is 0 Å². The second-order valence-corrected chi connectivity index (χ2v) is 4.82. The number of hydrogen-bond acceptors (Lipinski definition) is 5. The molecule has 0 amide bonds. The summed E-state index contributed by atoms with van der Waals surface area (Å²) in [6.45, 7) is 4.05. The van der Waals surface area contributed by atoms with Crippen molar-refractivity contribution in [3.63, 3.8) is 0 Å². The van der Waals surface area contributed by atoms with E-state index in [0.717, 1.165) is 18.4 Å². The number of ether oxygens (including phenoxy) is 3. The summed E-state index contributed by atoms with van der Waals surface area (Å²) >= 11 is 0. The lowest BCUT2D eigenvalue weighted by molar-refractivity contribution is 0.309. The van der Waals surface area contributed by atoms with Crippen molar-refractivity contribution < 1.29 is 14.2 Å². The molecule has 0 radical (unpaired) electrons. The van der Waals surface area contributed by atoms with Gasteiger partial charge in [-0.25, -0.2) is 0 Å². The van der Waals surface area contributed by atoms with Gasteiger partial charge >= 0.3 is 0 Å². The van der Waals surface area contributed by atoms with Crippen LogP contribution in [0.1, 0.15) is 32.3 Å². The molecule has 4 N–H and O–H groups in total. The van der Waals surface area contributed by atoms with Gasteiger partial charge in [-0.2, -0.15) is 0 Å². The molecule has 5 nitrogen and oxygen atoms in total. The quantitative estimate of drug-likeness (QED) is 0.799. The summed E-state index contributed by atoms with van der Waals surface area (Å²) in [5.74, 6) is 1.74. The van der Waals surface area contributed by atoms with Gasteiger partial charge in [0.15, 0.2) is 11.5 Å². The molecule has 0 bridgehead atoms. The number of hydrogen-bond donors (Lipinski definition) is 2. The minimum absolute atomic E-state index is 0.143. The molecule has 2 atom stereocenters. The van der Waals surface area contributed by atoms with Crippen LogP contribution in [0.2, 0.25) is 0 Å². The highest BCUT2D eigenvalue weighted by molar-refractivity contribution is 5.55. The predicted octanol–water partition coefficient (Wildman–Crippen LogP) is 2.01. The molecule has 0 aliphatic carbocycles. The molecule has 0 saturated carbocycles. The van der Waals surface area contributed by atoms with Crippen LogP contribution in [0.15, 0.2) is 12.1 Å². The van der Waals surface area contributed by atoms with E-state index in [4.69, 9.17) is 25.7 Å². The summed E-state index contributed by atoms with van der Waals surface area (Å²) in [5, 5.41) is 0. The Morgan fingerprint density at radius 2 is 1.55 bits per heavy atom. The topological polar surface area (TPSA) is 79.7 Å². The van der Waals surface area contributed by atoms with E-state index in [1.807, 2.05) is 26.0 Å². The standard InChI is InChI=1S/C15H26N2O3/c1-6-13(16)15(17,7-2)10-8-11(18-3)14(20-5)12(9-10)19-4/h8-9,13H,6-7,16-17H2,1-5H3. The first kappa shape index (κ1) is 16.6. The summed E-state index contributed by atoms with van der Waals surface area (Å²) in [7, 11) is 4.75. The Hall–Kier alpha value is -1.46. The van der Waals surface area contributed by atoms with Gasteiger partial charge in [0, 0.05) is 6.04 Å². The largest absolute Gasteiger partial charge is 0.493 e. The van der Waals surface area contributed by atoms with E-state index in [2.05, 4.69) is 0 Å². The molecule has 2 unspecified atom stereocenters. The molecule has 20 heavy (non-hydrogen) atoms. The summed E-state index contributed by atoms with van der Waals surface area (Å²) in [6, 6.07) is 3.61. The third-order valence-electron chi connectivity index (χ3n) is 3.89. The van der Waals surface area contributed by atoms with Gasteiger partial charge in [-0.05, 0) is 30.5 Å². The Morgan fingerprint density at radius 1 is 1.05 bits per heavy atom. The third-order valence-corrected chi connectivity index (χ3v) is 3.89. The van der Waals surface area contributed by atoms with Gasteiger partial charge in [0.2, 0.25) is 5.75 Å². The van der Waals surface area contributed by atoms with E-state index < -0.39 is 5.54 Å². The summed E-state index contributed by atoms with van der Waals surface area (Å²) in [4.78, 5) is 0. The second kappa shape index (κ2) is 6.81. The van der Waals surface area contributed by atoms with E-state index in [-0.39, 0.29) is 6.04 Å². The van der Waals surface area contributed by atoms with Crippen LogP contribution >= 0.6 is 0 Å². The fraction of sp³-hybridized carbons (Fsp3) is 0.600. The van der Waals surface area contributed by atoms with Gasteiger partial charge in [-0.3, -0.25) is 0 Å². The molecule has 114 valence electrons. The van der Waals surface area contributed by atoms with Crippen LogP contribution in [0.25, 0.3) is 0 Å². The maximum Gasteiger partial charge on any atom is 0.203 e. The molecule has 0 aromatic heterocycles. The van der Waals surface area contributed by atoms with Gasteiger partial charge in [0.1, 0.15) is 0 Å². The lowest BCUT2D eigenvalue weighted by atomic mass is 9.80. The fourth-order valence-electron chi connectivity index (χ4n) is 2.39. The average molecular weight is 282 g/mol. The first-order chi connectivity index (χ1) is 9.48. The maximum atomic E-state index is 6.53. The molecule has 0 heterocycles. The summed E-state index contributed by atoms with van der Waals surface area (Å²) in [5.41, 5.74) is 13.0. The van der Waals surface area contributed by atoms with Gasteiger partial charge in [0.25, 0.3) is 0 Å². The Balaban J connectivity index is 3.44. The fourth-order valence-corrected chi connectivity index (χ4v) is 2.39. The van der Waals surface area contributed by atoms with Crippen LogP contribution < -0.4 is 25.7 Å². The third kappa shape index (κ3) is 2.83. The smallest absolute Gasteiger partial charge is 0.203 e. The first-order valence-corrected chi connectivity index (χ1v) is 6.83. The molecule has 1 rings (SSSR count). The molecule has 0 fully saturated rings. The zero-order valence-electron chi connectivity index (χ0n) is 13.0. The molecular weight excluding hydrogens is 256 g/mol. The highest BCUT2D eigenvalue weighted by atomic mass is 16.5. The van der Waals surface area contributed by atoms with Crippen molar-refractivity contribution in [2.75, 3.05) is 21.3 Å². The average Bonchev–Trinajstić information content (AvgIpc) is 2.51. The van der Waals surface area contributed by atoms with Crippen molar-refractivity contribution in [1.82, 2.24) is 0 Å². The Labute approximate surface area is 121 Å². The zero-order valence-corrected chi connectivity index (χ0v) is 13.0. The highest BCUT2D eigenvalue weighted by Crippen LogP contribution is 2.41. The van der Waals surface area contributed by atoms with Crippen molar-refractivity contribution >= 4 is 0 Å². The van der Waals surface area contributed by atoms with E-state index >= 15 is 0 Å². The maximum absolute atomic E-state index is 6.53. The Bertz CT molecular complexity index is 426. The van der Waals surface area contributed by atoms with Gasteiger partial charge in [-0.1, -0.05) is 13.8 Å². The van der Waals surface area contributed by atoms with E-state index in [1.54, 1.807) is 21.3 Å². The summed E-state index contributed by atoms with van der Waals surface area (Å²) in [6.07, 6.45) is 1.52. The van der Waals surface area contributed by atoms with Crippen LogP contribution in [-0.4, -0.2) is 27.4 Å². The van der Waals surface area contributed by atoms with Crippen LogP contribution in [0, 0.1) is 0 Å². The lowest BCUT2D eigenvalue weighted by Gasteiger charge is -2.35. The van der Waals surface area contributed by atoms with Crippen molar-refractivity contribution in [2.45, 2.75) is 38.3 Å². The molecule has 1 aromatic carbocycles. The minimum Gasteiger partial charge on any atom is -0.493 e. The van der Waals surface area contributed by atoms with Gasteiger partial charge < -0.3 is 25.7 Å². The van der Waals surface area contributed by atoms with Crippen LogP contribution in [-0.2, 0) is 5.54 Å². The molecule has 0 spiro atoms. The van der Waals surface area contributed by atoms with Crippen molar-refractivity contribution in [3.8, 4) is 17.2 Å². The molecule has 5 heteroatoms. The van der Waals surface area contributed by atoms with E-state index in [9.17, 15) is 0 Å². The SMILES string of the molecule is CCC(N)C(N)(CC)c1cc(OC)c(OC)c(OC)c1. The number of benzene rings is 1. The predicted molar refractivity (Wildman–Crippen MR) is 80.5 cm³/mol. The van der Waals surface area contributed by atoms with Crippen molar-refractivity contribution in [3.05, 3.63) is 17.7 Å². The van der Waals surface area contributed by atoms with Crippen LogP contribution in [0.5, 0.6) is 17.2 Å². The van der Waals surface area contributed by atoms with E-state index in [1.165, 1.54) is 0 Å². The lowest BCUT2D eigenvalue weighted by Crippen LogP contribution is -2.51. The van der Waals surface area contributed by atoms with E-state index in [0.29, 0.717) is 17.2 Å². The van der Waals surface area contributed by atoms with Crippen molar-refractivity contribution in [2.24, 2.45) is 11.5 Å². The molecule has 0 saturated heterocycles.